The molecule has 1 rings (SSSR count). The monoisotopic (exact) mass is 293 g/mol. The molecular formula is C15H23N3O3. The number of nitrogens with two attached hydrogens (primary N) is 1. The predicted octanol–water partition coefficient (Wildman–Crippen LogP) is 2.68. The van der Waals surface area contributed by atoms with Gasteiger partial charge < -0.3 is 11.1 Å². The second-order valence-corrected chi connectivity index (χ2v) is 5.09. The van der Waals surface area contributed by atoms with Crippen molar-refractivity contribution >= 4 is 11.6 Å². The lowest BCUT2D eigenvalue weighted by atomic mass is 10.1. The van der Waals surface area contributed by atoms with E-state index in [9.17, 15) is 14.9 Å². The summed E-state index contributed by atoms with van der Waals surface area (Å²) in [5.41, 5.74) is 6.18. The molecule has 6 nitrogen and oxygen atoms in total. The number of nitrogens with zero attached hydrogens (tertiary/aromatic N) is 1. The van der Waals surface area contributed by atoms with Gasteiger partial charge in [-0.2, -0.15) is 0 Å². The van der Waals surface area contributed by atoms with Gasteiger partial charge in [0.1, 0.15) is 0 Å². The highest BCUT2D eigenvalue weighted by Crippen LogP contribution is 2.19. The number of non-ortho nitro benzene ring substituents is 1. The maximum absolute atomic E-state index is 11.8. The Morgan fingerprint density at radius 2 is 2.05 bits per heavy atom. The molecule has 0 bridgehead atoms. The number of carbonyl (C=O) groups is 1. The maximum atomic E-state index is 11.8. The molecular weight excluding hydrogens is 270 g/mol. The number of nitro benzene ring substituents is 1. The number of benzene rings is 1. The molecule has 0 heterocycles. The van der Waals surface area contributed by atoms with Crippen molar-refractivity contribution < 1.29 is 9.72 Å². The van der Waals surface area contributed by atoms with Crippen LogP contribution in [0.15, 0.2) is 24.3 Å². The summed E-state index contributed by atoms with van der Waals surface area (Å²) in [5, 5.41) is 13.6. The molecule has 1 aromatic rings. The fourth-order valence-corrected chi connectivity index (χ4v) is 2.09. The summed E-state index contributed by atoms with van der Waals surface area (Å²) in [7, 11) is 0. The number of unbranched alkanes of at least 4 members (excludes halogenated alkanes) is 3. The standard InChI is InChI=1S/C15H23N3O3/c1-12(13-7-6-8-14(11-13)18(20)21)17-15(19)9-4-2-3-5-10-16/h6-8,11-12H,2-5,9-10,16H2,1H3,(H,17,19). The molecule has 0 radical (unpaired) electrons. The average molecular weight is 293 g/mol. The minimum Gasteiger partial charge on any atom is -0.350 e. The zero-order valence-corrected chi connectivity index (χ0v) is 12.4. The van der Waals surface area contributed by atoms with Gasteiger partial charge in [-0.25, -0.2) is 0 Å². The minimum atomic E-state index is -0.435. The summed E-state index contributed by atoms with van der Waals surface area (Å²) in [6, 6.07) is 6.10. The minimum absolute atomic E-state index is 0.0262. The normalized spacial score (nSPS) is 11.9. The van der Waals surface area contributed by atoms with E-state index in [4.69, 9.17) is 5.73 Å². The Morgan fingerprint density at radius 3 is 2.71 bits per heavy atom. The Balaban J connectivity index is 2.41. The Hall–Kier alpha value is -1.95. The van der Waals surface area contributed by atoms with Crippen LogP contribution < -0.4 is 11.1 Å². The quantitative estimate of drug-likeness (QED) is 0.415. The van der Waals surface area contributed by atoms with Crippen molar-refractivity contribution in [2.45, 2.75) is 45.1 Å². The van der Waals surface area contributed by atoms with Crippen LogP contribution >= 0.6 is 0 Å². The van der Waals surface area contributed by atoms with Gasteiger partial charge in [0.15, 0.2) is 0 Å². The summed E-state index contributed by atoms with van der Waals surface area (Å²) in [6.45, 7) is 2.52. The molecule has 0 aliphatic carbocycles. The lowest BCUT2D eigenvalue weighted by molar-refractivity contribution is -0.384. The van der Waals surface area contributed by atoms with E-state index < -0.39 is 4.92 Å². The Kier molecular flexibility index (Phi) is 7.39. The van der Waals surface area contributed by atoms with Crippen LogP contribution in [0.1, 0.15) is 50.6 Å². The first-order chi connectivity index (χ1) is 10.0. The number of carbonyl (C=O) groups excluding carboxylic acids is 1. The van der Waals surface area contributed by atoms with Gasteiger partial charge in [0.05, 0.1) is 11.0 Å². The van der Waals surface area contributed by atoms with Gasteiger partial charge in [-0.3, -0.25) is 14.9 Å². The molecule has 21 heavy (non-hydrogen) atoms. The Morgan fingerprint density at radius 1 is 1.33 bits per heavy atom. The van der Waals surface area contributed by atoms with Crippen LogP contribution in [0.25, 0.3) is 0 Å². The summed E-state index contributed by atoms with van der Waals surface area (Å²) in [5.74, 6) is -0.0262. The third kappa shape index (κ3) is 6.35. The van der Waals surface area contributed by atoms with E-state index in [1.165, 1.54) is 12.1 Å². The Labute approximate surface area is 124 Å². The second kappa shape index (κ2) is 9.07. The number of nitrogens with one attached hydrogen (secondary N) is 1. The van der Waals surface area contributed by atoms with Gasteiger partial charge in [-0.1, -0.05) is 25.0 Å². The summed E-state index contributed by atoms with van der Waals surface area (Å²) >= 11 is 0. The number of hydrogen-bond acceptors (Lipinski definition) is 4. The topological polar surface area (TPSA) is 98.3 Å². The first-order valence-corrected chi connectivity index (χ1v) is 7.28. The second-order valence-electron chi connectivity index (χ2n) is 5.09. The van der Waals surface area contributed by atoms with Gasteiger partial charge >= 0.3 is 0 Å². The zero-order valence-electron chi connectivity index (χ0n) is 12.4. The first-order valence-electron chi connectivity index (χ1n) is 7.28. The van der Waals surface area contributed by atoms with Crippen molar-refractivity contribution in [1.82, 2.24) is 5.32 Å². The van der Waals surface area contributed by atoms with Gasteiger partial charge in [0.2, 0.25) is 5.91 Å². The smallest absolute Gasteiger partial charge is 0.269 e. The SMILES string of the molecule is CC(NC(=O)CCCCCCN)c1cccc([N+](=O)[O-])c1. The molecule has 116 valence electrons. The van der Waals surface area contributed by atoms with Crippen LogP contribution in [-0.4, -0.2) is 17.4 Å². The van der Waals surface area contributed by atoms with E-state index in [2.05, 4.69) is 5.32 Å². The van der Waals surface area contributed by atoms with Crippen LogP contribution in [0, 0.1) is 10.1 Å². The van der Waals surface area contributed by atoms with Gasteiger partial charge in [-0.05, 0) is 31.9 Å². The fraction of sp³-hybridized carbons (Fsp3) is 0.533. The van der Waals surface area contributed by atoms with Crippen molar-refractivity contribution in [3.8, 4) is 0 Å². The number of amides is 1. The van der Waals surface area contributed by atoms with E-state index in [1.807, 2.05) is 6.92 Å². The summed E-state index contributed by atoms with van der Waals surface area (Å²) in [4.78, 5) is 22.1. The molecule has 6 heteroatoms. The van der Waals surface area contributed by atoms with Crippen molar-refractivity contribution in [1.29, 1.82) is 0 Å². The first kappa shape index (κ1) is 17.1. The van der Waals surface area contributed by atoms with Crippen molar-refractivity contribution in [3.63, 3.8) is 0 Å². The molecule has 1 atom stereocenters. The molecule has 0 saturated heterocycles. The van der Waals surface area contributed by atoms with Gasteiger partial charge in [0.25, 0.3) is 5.69 Å². The number of rotatable bonds is 9. The number of hydrogen-bond donors (Lipinski definition) is 2. The molecule has 0 fully saturated rings. The van der Waals surface area contributed by atoms with Crippen LogP contribution in [0.2, 0.25) is 0 Å². The highest BCUT2D eigenvalue weighted by atomic mass is 16.6. The fourth-order valence-electron chi connectivity index (χ4n) is 2.09. The van der Waals surface area contributed by atoms with Crippen LogP contribution in [0.4, 0.5) is 5.69 Å². The van der Waals surface area contributed by atoms with Gasteiger partial charge in [0, 0.05) is 18.6 Å². The van der Waals surface area contributed by atoms with E-state index >= 15 is 0 Å². The lowest BCUT2D eigenvalue weighted by Gasteiger charge is -2.14. The third-order valence-electron chi connectivity index (χ3n) is 3.32. The molecule has 0 aromatic heterocycles. The lowest BCUT2D eigenvalue weighted by Crippen LogP contribution is -2.26. The molecule has 1 unspecified atom stereocenters. The van der Waals surface area contributed by atoms with Crippen molar-refractivity contribution in [2.24, 2.45) is 5.73 Å². The molecule has 0 aliphatic heterocycles. The average Bonchev–Trinajstić information content (AvgIpc) is 2.47. The maximum Gasteiger partial charge on any atom is 0.269 e. The van der Waals surface area contributed by atoms with E-state index in [0.29, 0.717) is 13.0 Å². The molecule has 1 aromatic carbocycles. The van der Waals surface area contributed by atoms with E-state index in [1.54, 1.807) is 12.1 Å². The van der Waals surface area contributed by atoms with Crippen LogP contribution in [0.3, 0.4) is 0 Å². The van der Waals surface area contributed by atoms with Crippen molar-refractivity contribution in [2.75, 3.05) is 6.54 Å². The predicted molar refractivity (Wildman–Crippen MR) is 81.8 cm³/mol. The summed E-state index contributed by atoms with van der Waals surface area (Å²) < 4.78 is 0. The molecule has 0 saturated carbocycles. The van der Waals surface area contributed by atoms with E-state index in [-0.39, 0.29) is 17.6 Å². The van der Waals surface area contributed by atoms with E-state index in [0.717, 1.165) is 31.2 Å². The molecule has 3 N–H and O–H groups in total. The molecule has 0 spiro atoms. The zero-order chi connectivity index (χ0) is 15.7. The van der Waals surface area contributed by atoms with Crippen molar-refractivity contribution in [3.05, 3.63) is 39.9 Å². The van der Waals surface area contributed by atoms with Crippen LogP contribution in [-0.2, 0) is 4.79 Å². The third-order valence-corrected chi connectivity index (χ3v) is 3.32. The molecule has 0 aliphatic rings. The Bertz CT molecular complexity index is 477. The van der Waals surface area contributed by atoms with Gasteiger partial charge in [-0.15, -0.1) is 0 Å². The van der Waals surface area contributed by atoms with Crippen LogP contribution in [0.5, 0.6) is 0 Å². The summed E-state index contributed by atoms with van der Waals surface area (Å²) in [6.07, 6.45) is 4.35. The largest absolute Gasteiger partial charge is 0.350 e. The molecule has 1 amide bonds. The highest BCUT2D eigenvalue weighted by Gasteiger charge is 2.12. The highest BCUT2D eigenvalue weighted by molar-refractivity contribution is 5.76. The number of nitro groups is 1.